The number of hydrogen-bond donors (Lipinski definition) is 2. The van der Waals surface area contributed by atoms with Gasteiger partial charge in [0.2, 0.25) is 5.91 Å². The van der Waals surface area contributed by atoms with Crippen LogP contribution in [-0.2, 0) is 17.8 Å². The third-order valence-corrected chi connectivity index (χ3v) is 5.96. The number of benzene rings is 1. The molecule has 0 fully saturated rings. The molecule has 4 rings (SSSR count). The van der Waals surface area contributed by atoms with Crippen molar-refractivity contribution in [3.05, 3.63) is 82.4 Å². The molecular formula is C21H19N5OS2. The predicted molar refractivity (Wildman–Crippen MR) is 117 cm³/mol. The first kappa shape index (κ1) is 19.4. The highest BCUT2D eigenvalue weighted by molar-refractivity contribution is 7.13. The first-order valence-electron chi connectivity index (χ1n) is 9.09. The Bertz CT molecular complexity index is 1040. The number of carbonyl (C=O) groups excluding carboxylic acids is 1. The molecule has 0 unspecified atom stereocenters. The van der Waals surface area contributed by atoms with Gasteiger partial charge in [0.15, 0.2) is 0 Å². The lowest BCUT2D eigenvalue weighted by Crippen LogP contribution is -2.41. The van der Waals surface area contributed by atoms with Gasteiger partial charge in [0.1, 0.15) is 10.8 Å². The number of thiazole rings is 2. The number of anilines is 1. The molecule has 0 aliphatic carbocycles. The molecule has 4 aromatic rings. The number of rotatable bonds is 8. The molecule has 0 bridgehead atoms. The fraction of sp³-hybridized carbons (Fsp3) is 0.143. The molecule has 0 saturated carbocycles. The van der Waals surface area contributed by atoms with Gasteiger partial charge in [0, 0.05) is 41.0 Å². The van der Waals surface area contributed by atoms with Gasteiger partial charge in [-0.3, -0.25) is 14.8 Å². The topological polar surface area (TPSA) is 79.8 Å². The summed E-state index contributed by atoms with van der Waals surface area (Å²) < 4.78 is 0. The molecule has 0 aliphatic rings. The summed E-state index contributed by atoms with van der Waals surface area (Å²) in [5.74, 6) is 0.453. The summed E-state index contributed by atoms with van der Waals surface area (Å²) in [5, 5.41) is 9.01. The van der Waals surface area contributed by atoms with Crippen molar-refractivity contribution >= 4 is 34.4 Å². The summed E-state index contributed by atoms with van der Waals surface area (Å²) in [5.41, 5.74) is 3.87. The van der Waals surface area contributed by atoms with E-state index in [9.17, 15) is 4.79 Å². The van der Waals surface area contributed by atoms with E-state index in [1.807, 2.05) is 54.0 Å². The van der Waals surface area contributed by atoms with E-state index in [-0.39, 0.29) is 11.9 Å². The fourth-order valence-corrected chi connectivity index (χ4v) is 4.14. The molecule has 146 valence electrons. The van der Waals surface area contributed by atoms with E-state index in [4.69, 9.17) is 0 Å². The number of hydrogen-bond acceptors (Lipinski definition) is 7. The Kier molecular flexibility index (Phi) is 6.35. The van der Waals surface area contributed by atoms with Crippen LogP contribution in [0.15, 0.2) is 71.9 Å². The smallest absolute Gasteiger partial charge is 0.243 e. The molecule has 1 atom stereocenters. The van der Waals surface area contributed by atoms with Gasteiger partial charge < -0.3 is 10.6 Å². The van der Waals surface area contributed by atoms with Gasteiger partial charge in [0.25, 0.3) is 0 Å². The van der Waals surface area contributed by atoms with Gasteiger partial charge >= 0.3 is 0 Å². The molecule has 0 saturated heterocycles. The van der Waals surface area contributed by atoms with Gasteiger partial charge in [-0.25, -0.2) is 4.98 Å². The first-order chi connectivity index (χ1) is 14.3. The lowest BCUT2D eigenvalue weighted by atomic mass is 10.1. The van der Waals surface area contributed by atoms with Crippen molar-refractivity contribution in [3.63, 3.8) is 0 Å². The maximum atomic E-state index is 13.0. The maximum absolute atomic E-state index is 13.0. The zero-order valence-corrected chi connectivity index (χ0v) is 17.1. The molecule has 29 heavy (non-hydrogen) atoms. The highest BCUT2D eigenvalue weighted by Gasteiger charge is 2.20. The minimum absolute atomic E-state index is 0.107. The summed E-state index contributed by atoms with van der Waals surface area (Å²) in [4.78, 5) is 26.7. The van der Waals surface area contributed by atoms with E-state index in [2.05, 4.69) is 25.6 Å². The monoisotopic (exact) mass is 421 g/mol. The Balaban J connectivity index is 1.46. The normalized spacial score (nSPS) is 11.9. The van der Waals surface area contributed by atoms with E-state index in [1.54, 1.807) is 29.2 Å². The molecule has 0 spiro atoms. The van der Waals surface area contributed by atoms with E-state index in [0.29, 0.717) is 18.8 Å². The maximum Gasteiger partial charge on any atom is 0.243 e. The highest BCUT2D eigenvalue weighted by atomic mass is 32.1. The van der Waals surface area contributed by atoms with Gasteiger partial charge in [-0.15, -0.1) is 22.7 Å². The number of amides is 1. The zero-order chi connectivity index (χ0) is 19.9. The summed E-state index contributed by atoms with van der Waals surface area (Å²) in [6.07, 6.45) is 5.87. The summed E-state index contributed by atoms with van der Waals surface area (Å²) in [6, 6.07) is 13.4. The highest BCUT2D eigenvalue weighted by Crippen LogP contribution is 2.25. The van der Waals surface area contributed by atoms with Crippen LogP contribution < -0.4 is 10.6 Å². The second-order valence-corrected chi connectivity index (χ2v) is 8.18. The van der Waals surface area contributed by atoms with Crippen molar-refractivity contribution in [2.75, 3.05) is 5.32 Å². The Labute approximate surface area is 176 Å². The Hall–Kier alpha value is -2.94. The molecule has 0 aliphatic heterocycles. The molecule has 8 heteroatoms. The predicted octanol–water partition coefficient (Wildman–Crippen LogP) is 4.00. The average molecular weight is 422 g/mol. The number of nitrogens with zero attached hydrogens (tertiary/aromatic N) is 3. The van der Waals surface area contributed by atoms with Gasteiger partial charge in [-0.1, -0.05) is 30.3 Å². The van der Waals surface area contributed by atoms with Crippen molar-refractivity contribution < 1.29 is 4.79 Å². The van der Waals surface area contributed by atoms with Crippen molar-refractivity contribution in [2.24, 2.45) is 0 Å². The fourth-order valence-electron chi connectivity index (χ4n) is 2.83. The lowest BCUT2D eigenvalue weighted by molar-refractivity contribution is -0.118. The van der Waals surface area contributed by atoms with E-state index in [0.717, 1.165) is 21.0 Å². The number of aromatic nitrogens is 3. The van der Waals surface area contributed by atoms with Crippen LogP contribution in [0.3, 0.4) is 0 Å². The standard InChI is InChI=1S/C21H19N5OS2/c27-20(25-19-13-28-21(26-19)16-6-8-22-9-7-16)18(10-15-4-2-1-3-5-15)24-12-17-11-23-14-29-17/h1-9,11,13-14,18,24H,10,12H2,(H,25,27)/t18-/m0/s1. The number of nitrogens with one attached hydrogen (secondary N) is 2. The third-order valence-electron chi connectivity index (χ3n) is 4.29. The molecule has 2 N–H and O–H groups in total. The number of carbonyl (C=O) groups is 1. The Morgan fingerprint density at radius 3 is 2.62 bits per heavy atom. The van der Waals surface area contributed by atoms with Crippen LogP contribution in [0.4, 0.5) is 5.82 Å². The average Bonchev–Trinajstić information content (AvgIpc) is 3.45. The van der Waals surface area contributed by atoms with Crippen LogP contribution in [-0.4, -0.2) is 26.9 Å². The summed E-state index contributed by atoms with van der Waals surface area (Å²) in [6.45, 7) is 0.592. The zero-order valence-electron chi connectivity index (χ0n) is 15.5. The van der Waals surface area contributed by atoms with E-state index >= 15 is 0 Å². The minimum Gasteiger partial charge on any atom is -0.309 e. The quantitative estimate of drug-likeness (QED) is 0.449. The molecule has 1 amide bonds. The lowest BCUT2D eigenvalue weighted by Gasteiger charge is -2.17. The van der Waals surface area contributed by atoms with Crippen molar-refractivity contribution in [2.45, 2.75) is 19.0 Å². The molecule has 1 aromatic carbocycles. The molecule has 6 nitrogen and oxygen atoms in total. The second-order valence-electron chi connectivity index (χ2n) is 6.35. The molecular weight excluding hydrogens is 402 g/mol. The summed E-state index contributed by atoms with van der Waals surface area (Å²) in [7, 11) is 0. The van der Waals surface area contributed by atoms with Crippen LogP contribution in [0.2, 0.25) is 0 Å². The van der Waals surface area contributed by atoms with E-state index < -0.39 is 0 Å². The van der Waals surface area contributed by atoms with Crippen molar-refractivity contribution in [1.82, 2.24) is 20.3 Å². The second kappa shape index (κ2) is 9.51. The van der Waals surface area contributed by atoms with Gasteiger partial charge in [0.05, 0.1) is 11.6 Å². The van der Waals surface area contributed by atoms with Crippen LogP contribution in [0.25, 0.3) is 10.6 Å². The Morgan fingerprint density at radius 2 is 1.86 bits per heavy atom. The SMILES string of the molecule is O=C(Nc1csc(-c2ccncc2)n1)[C@H](Cc1ccccc1)NCc1cncs1. The summed E-state index contributed by atoms with van der Waals surface area (Å²) >= 11 is 3.06. The van der Waals surface area contributed by atoms with Crippen LogP contribution >= 0.6 is 22.7 Å². The van der Waals surface area contributed by atoms with Crippen molar-refractivity contribution in [3.8, 4) is 10.6 Å². The first-order valence-corrected chi connectivity index (χ1v) is 10.9. The minimum atomic E-state index is -0.384. The molecule has 0 radical (unpaired) electrons. The van der Waals surface area contributed by atoms with Crippen LogP contribution in [0.1, 0.15) is 10.4 Å². The number of pyridine rings is 1. The van der Waals surface area contributed by atoms with Gasteiger partial charge in [-0.2, -0.15) is 0 Å². The van der Waals surface area contributed by atoms with Gasteiger partial charge in [-0.05, 0) is 24.1 Å². The van der Waals surface area contributed by atoms with Crippen LogP contribution in [0, 0.1) is 0 Å². The van der Waals surface area contributed by atoms with E-state index in [1.165, 1.54) is 11.3 Å². The largest absolute Gasteiger partial charge is 0.309 e. The molecule has 3 heterocycles. The third kappa shape index (κ3) is 5.32. The van der Waals surface area contributed by atoms with Crippen molar-refractivity contribution in [1.29, 1.82) is 0 Å². The molecule has 3 aromatic heterocycles. The Morgan fingerprint density at radius 1 is 1.03 bits per heavy atom. The van der Waals surface area contributed by atoms with Crippen LogP contribution in [0.5, 0.6) is 0 Å².